The molecule has 0 bridgehead atoms. The predicted octanol–water partition coefficient (Wildman–Crippen LogP) is 3.86. The van der Waals surface area contributed by atoms with Crippen molar-refractivity contribution in [2.24, 2.45) is 0 Å². The molecule has 2 atom stereocenters. The van der Waals surface area contributed by atoms with Gasteiger partial charge < -0.3 is 0 Å². The van der Waals surface area contributed by atoms with Crippen LogP contribution in [0.25, 0.3) is 0 Å². The molecule has 1 aromatic rings. The van der Waals surface area contributed by atoms with Crippen LogP contribution in [0.5, 0.6) is 0 Å². The molecule has 2 unspecified atom stereocenters. The molecule has 1 N–H and O–H groups in total. The third kappa shape index (κ3) is 3.31. The number of piperidine rings is 1. The van der Waals surface area contributed by atoms with E-state index in [1.54, 1.807) is 0 Å². The van der Waals surface area contributed by atoms with Gasteiger partial charge in [0.1, 0.15) is 5.82 Å². The predicted molar refractivity (Wildman–Crippen MR) is 75.6 cm³/mol. The van der Waals surface area contributed by atoms with E-state index in [1.165, 1.54) is 25.3 Å². The van der Waals surface area contributed by atoms with Crippen LogP contribution < -0.4 is 5.43 Å². The monoisotopic (exact) mass is 314 g/mol. The fraction of sp³-hybridized carbons (Fsp3) is 0.571. The van der Waals surface area contributed by atoms with Gasteiger partial charge >= 0.3 is 0 Å². The molecular weight excluding hydrogens is 295 g/mol. The third-order valence-corrected chi connectivity index (χ3v) is 4.25. The largest absolute Gasteiger partial charge is 0.250 e. The molecule has 0 saturated carbocycles. The van der Waals surface area contributed by atoms with Crippen LogP contribution in [0.4, 0.5) is 4.39 Å². The van der Waals surface area contributed by atoms with Crippen molar-refractivity contribution in [3.05, 3.63) is 34.1 Å². The minimum absolute atomic E-state index is 0.210. The molecule has 1 aliphatic rings. The number of halogens is 2. The van der Waals surface area contributed by atoms with Crippen molar-refractivity contribution in [1.29, 1.82) is 0 Å². The molecule has 1 heterocycles. The summed E-state index contributed by atoms with van der Waals surface area (Å²) in [6.07, 6.45) is 3.79. The van der Waals surface area contributed by atoms with Gasteiger partial charge in [-0.15, -0.1) is 0 Å². The summed E-state index contributed by atoms with van der Waals surface area (Å²) < 4.78 is 13.7. The van der Waals surface area contributed by atoms with E-state index in [2.05, 4.69) is 40.2 Å². The second-order valence-corrected chi connectivity index (χ2v) is 5.97. The van der Waals surface area contributed by atoms with Crippen LogP contribution in [0.2, 0.25) is 0 Å². The molecule has 1 saturated heterocycles. The van der Waals surface area contributed by atoms with Crippen molar-refractivity contribution in [1.82, 2.24) is 10.4 Å². The standard InChI is InChI=1S/C14H20BrFN2/c1-10-4-3-5-11(2)18(10)17-9-12-6-7-14(16)13(15)8-12/h6-8,10-11,17H,3-5,9H2,1-2H3. The molecule has 4 heteroatoms. The Bertz CT molecular complexity index is 401. The Morgan fingerprint density at radius 2 is 2.00 bits per heavy atom. The molecule has 0 aliphatic carbocycles. The Kier molecular flexibility index (Phi) is 4.76. The van der Waals surface area contributed by atoms with Crippen LogP contribution >= 0.6 is 15.9 Å². The zero-order chi connectivity index (χ0) is 13.1. The normalized spacial score (nSPS) is 25.3. The zero-order valence-electron chi connectivity index (χ0n) is 10.9. The molecule has 2 nitrogen and oxygen atoms in total. The number of nitrogens with one attached hydrogen (secondary N) is 1. The number of hydrogen-bond donors (Lipinski definition) is 1. The highest BCUT2D eigenvalue weighted by Gasteiger charge is 2.24. The van der Waals surface area contributed by atoms with E-state index < -0.39 is 0 Å². The highest BCUT2D eigenvalue weighted by molar-refractivity contribution is 9.10. The van der Waals surface area contributed by atoms with E-state index >= 15 is 0 Å². The molecule has 18 heavy (non-hydrogen) atoms. The number of rotatable bonds is 3. The van der Waals surface area contributed by atoms with Gasteiger partial charge in [-0.2, -0.15) is 0 Å². The first-order valence-corrected chi connectivity index (χ1v) is 7.33. The van der Waals surface area contributed by atoms with Gasteiger partial charge in [0.2, 0.25) is 0 Å². The molecule has 1 aromatic carbocycles. The van der Waals surface area contributed by atoms with Gasteiger partial charge in [0.05, 0.1) is 4.47 Å². The van der Waals surface area contributed by atoms with Crippen LogP contribution in [-0.4, -0.2) is 17.1 Å². The smallest absolute Gasteiger partial charge is 0.137 e. The Hall–Kier alpha value is -0.450. The number of hydrogen-bond acceptors (Lipinski definition) is 2. The van der Waals surface area contributed by atoms with Crippen LogP contribution in [-0.2, 0) is 6.54 Å². The van der Waals surface area contributed by atoms with Crippen molar-refractivity contribution in [2.75, 3.05) is 0 Å². The summed E-state index contributed by atoms with van der Waals surface area (Å²) in [6.45, 7) is 5.25. The average Bonchev–Trinajstić information content (AvgIpc) is 2.33. The van der Waals surface area contributed by atoms with Gasteiger partial charge in [-0.25, -0.2) is 9.40 Å². The van der Waals surface area contributed by atoms with E-state index in [-0.39, 0.29) is 5.82 Å². The molecule has 100 valence electrons. The van der Waals surface area contributed by atoms with Gasteiger partial charge in [-0.3, -0.25) is 5.43 Å². The fourth-order valence-electron chi connectivity index (χ4n) is 2.57. The average molecular weight is 315 g/mol. The van der Waals surface area contributed by atoms with Crippen LogP contribution in [0.3, 0.4) is 0 Å². The van der Waals surface area contributed by atoms with E-state index in [1.807, 2.05) is 12.1 Å². The highest BCUT2D eigenvalue weighted by Crippen LogP contribution is 2.21. The van der Waals surface area contributed by atoms with E-state index in [9.17, 15) is 4.39 Å². The van der Waals surface area contributed by atoms with Crippen LogP contribution in [0.1, 0.15) is 38.7 Å². The van der Waals surface area contributed by atoms with E-state index in [4.69, 9.17) is 0 Å². The summed E-state index contributed by atoms with van der Waals surface area (Å²) in [4.78, 5) is 0. The van der Waals surface area contributed by atoms with Gasteiger partial charge in [-0.05, 0) is 60.3 Å². The summed E-state index contributed by atoms with van der Waals surface area (Å²) in [7, 11) is 0. The van der Waals surface area contributed by atoms with E-state index in [0.717, 1.165) is 12.1 Å². The SMILES string of the molecule is CC1CCCC(C)N1NCc1ccc(F)c(Br)c1. The second-order valence-electron chi connectivity index (χ2n) is 5.12. The second kappa shape index (κ2) is 6.13. The first-order valence-electron chi connectivity index (χ1n) is 6.53. The highest BCUT2D eigenvalue weighted by atomic mass is 79.9. The molecule has 0 amide bonds. The van der Waals surface area contributed by atoms with Gasteiger partial charge in [0.25, 0.3) is 0 Å². The van der Waals surface area contributed by atoms with Crippen LogP contribution in [0.15, 0.2) is 22.7 Å². The molecule has 1 fully saturated rings. The van der Waals surface area contributed by atoms with Crippen LogP contribution in [0, 0.1) is 5.82 Å². The lowest BCUT2D eigenvalue weighted by molar-refractivity contribution is 0.0435. The Morgan fingerprint density at radius 1 is 1.33 bits per heavy atom. The van der Waals surface area contributed by atoms with Crippen molar-refractivity contribution < 1.29 is 4.39 Å². The van der Waals surface area contributed by atoms with E-state index in [0.29, 0.717) is 16.6 Å². The lowest BCUT2D eigenvalue weighted by Crippen LogP contribution is -2.51. The van der Waals surface area contributed by atoms with Gasteiger partial charge in [0.15, 0.2) is 0 Å². The Labute approximate surface area is 117 Å². The number of benzene rings is 1. The lowest BCUT2D eigenvalue weighted by Gasteiger charge is -2.39. The first kappa shape index (κ1) is 14.0. The van der Waals surface area contributed by atoms with Crippen molar-refractivity contribution in [3.8, 4) is 0 Å². The topological polar surface area (TPSA) is 15.3 Å². The van der Waals surface area contributed by atoms with Crippen molar-refractivity contribution in [3.63, 3.8) is 0 Å². The molecule has 0 radical (unpaired) electrons. The van der Waals surface area contributed by atoms with Gasteiger partial charge in [0, 0.05) is 18.6 Å². The van der Waals surface area contributed by atoms with Gasteiger partial charge in [-0.1, -0.05) is 12.5 Å². The molecule has 2 rings (SSSR count). The molecule has 1 aliphatic heterocycles. The maximum atomic E-state index is 13.1. The quantitative estimate of drug-likeness (QED) is 0.911. The van der Waals surface area contributed by atoms with Crippen molar-refractivity contribution >= 4 is 15.9 Å². The first-order chi connectivity index (χ1) is 8.58. The zero-order valence-corrected chi connectivity index (χ0v) is 12.5. The maximum absolute atomic E-state index is 13.1. The summed E-state index contributed by atoms with van der Waals surface area (Å²) in [5.74, 6) is -0.210. The Morgan fingerprint density at radius 3 is 2.61 bits per heavy atom. The minimum Gasteiger partial charge on any atom is -0.250 e. The molecule has 0 aromatic heterocycles. The number of nitrogens with zero attached hydrogens (tertiary/aromatic N) is 1. The fourth-order valence-corrected chi connectivity index (χ4v) is 2.99. The summed E-state index contributed by atoms with van der Waals surface area (Å²) in [5.41, 5.74) is 4.57. The molecule has 0 spiro atoms. The molecular formula is C14H20BrFN2. The third-order valence-electron chi connectivity index (χ3n) is 3.64. The lowest BCUT2D eigenvalue weighted by atomic mass is 10.00. The van der Waals surface area contributed by atoms with Crippen molar-refractivity contribution in [2.45, 2.75) is 51.7 Å². The Balaban J connectivity index is 1.95. The maximum Gasteiger partial charge on any atom is 0.137 e. The summed E-state index contributed by atoms with van der Waals surface area (Å²) >= 11 is 3.22. The summed E-state index contributed by atoms with van der Waals surface area (Å²) in [5, 5.41) is 2.33. The summed E-state index contributed by atoms with van der Waals surface area (Å²) in [6, 6.07) is 6.30. The minimum atomic E-state index is -0.210. The number of hydrazine groups is 1.